The summed E-state index contributed by atoms with van der Waals surface area (Å²) in [5.74, 6) is -0.120. The van der Waals surface area contributed by atoms with Crippen LogP contribution in [-0.4, -0.2) is 36.5 Å². The zero-order valence-corrected chi connectivity index (χ0v) is 16.2. The Morgan fingerprint density at radius 3 is 2.40 bits per heavy atom. The monoisotopic (exact) mass is 364 g/mol. The van der Waals surface area contributed by atoms with Crippen molar-refractivity contribution in [1.82, 2.24) is 4.31 Å². The lowest BCUT2D eigenvalue weighted by Crippen LogP contribution is -2.47. The molecule has 1 aliphatic carbocycles. The number of carbonyl (C=O) groups excluding carboxylic acids is 1. The first kappa shape index (κ1) is 18.4. The molecule has 0 radical (unpaired) electrons. The Labute approximate surface area is 150 Å². The number of anilines is 1. The summed E-state index contributed by atoms with van der Waals surface area (Å²) in [6, 6.07) is 6.16. The van der Waals surface area contributed by atoms with Gasteiger partial charge in [-0.1, -0.05) is 6.07 Å². The molecule has 1 amide bonds. The minimum atomic E-state index is -3.31. The van der Waals surface area contributed by atoms with Crippen molar-refractivity contribution in [1.29, 1.82) is 0 Å². The van der Waals surface area contributed by atoms with E-state index < -0.39 is 14.8 Å². The highest BCUT2D eigenvalue weighted by Gasteiger charge is 2.38. The molecular formula is C19H28N2O3S. The molecule has 2 aliphatic rings. The molecule has 0 aromatic heterocycles. The lowest BCUT2D eigenvalue weighted by atomic mass is 9.97. The van der Waals surface area contributed by atoms with Crippen molar-refractivity contribution < 1.29 is 13.2 Å². The third-order valence-electron chi connectivity index (χ3n) is 5.30. The van der Waals surface area contributed by atoms with Gasteiger partial charge in [-0.3, -0.25) is 4.79 Å². The second kappa shape index (κ2) is 6.72. The van der Waals surface area contributed by atoms with Crippen molar-refractivity contribution in [2.24, 2.45) is 5.92 Å². The predicted molar refractivity (Wildman–Crippen MR) is 100 cm³/mol. The molecule has 25 heavy (non-hydrogen) atoms. The van der Waals surface area contributed by atoms with E-state index in [2.05, 4.69) is 17.4 Å². The van der Waals surface area contributed by atoms with Crippen molar-refractivity contribution in [2.45, 2.75) is 57.6 Å². The topological polar surface area (TPSA) is 66.5 Å². The number of amides is 1. The van der Waals surface area contributed by atoms with E-state index in [-0.39, 0.29) is 11.8 Å². The smallest absolute Gasteiger partial charge is 0.227 e. The molecule has 0 atom stereocenters. The maximum absolute atomic E-state index is 12.5. The Balaban J connectivity index is 1.59. The van der Waals surface area contributed by atoms with E-state index in [4.69, 9.17) is 0 Å². The number of aryl methyl sites for hydroxylation is 2. The van der Waals surface area contributed by atoms with Gasteiger partial charge < -0.3 is 5.32 Å². The van der Waals surface area contributed by atoms with Gasteiger partial charge in [0.25, 0.3) is 0 Å². The predicted octanol–water partition coefficient (Wildman–Crippen LogP) is 2.95. The highest BCUT2D eigenvalue weighted by molar-refractivity contribution is 7.90. The number of hydrogen-bond donors (Lipinski definition) is 1. The first-order chi connectivity index (χ1) is 11.7. The van der Waals surface area contributed by atoms with Crippen LogP contribution < -0.4 is 5.32 Å². The SMILES string of the molecule is CC(C)(C)S(=O)(=O)N1CCC(C(=O)Nc2ccc3c(c2)CCC3)CC1. The van der Waals surface area contributed by atoms with Gasteiger partial charge in [-0.2, -0.15) is 0 Å². The van der Waals surface area contributed by atoms with Crippen LogP contribution in [0.5, 0.6) is 0 Å². The number of benzene rings is 1. The molecule has 5 nitrogen and oxygen atoms in total. The number of hydrogen-bond acceptors (Lipinski definition) is 3. The summed E-state index contributed by atoms with van der Waals surface area (Å²) in [5, 5.41) is 3.02. The van der Waals surface area contributed by atoms with E-state index in [1.165, 1.54) is 21.9 Å². The van der Waals surface area contributed by atoms with Crippen molar-refractivity contribution in [3.63, 3.8) is 0 Å². The number of fused-ring (bicyclic) bond motifs is 1. The Morgan fingerprint density at radius 2 is 1.76 bits per heavy atom. The molecule has 6 heteroatoms. The molecule has 0 bridgehead atoms. The summed E-state index contributed by atoms with van der Waals surface area (Å²) in [6.45, 7) is 5.99. The summed E-state index contributed by atoms with van der Waals surface area (Å²) in [5.41, 5.74) is 3.58. The van der Waals surface area contributed by atoms with Gasteiger partial charge in [0.05, 0.1) is 4.75 Å². The summed E-state index contributed by atoms with van der Waals surface area (Å²) >= 11 is 0. The molecule has 0 unspecified atom stereocenters. The van der Waals surface area contributed by atoms with Crippen LogP contribution in [-0.2, 0) is 27.7 Å². The van der Waals surface area contributed by atoms with E-state index in [9.17, 15) is 13.2 Å². The Hall–Kier alpha value is -1.40. The second-order valence-electron chi connectivity index (χ2n) is 8.12. The molecule has 1 heterocycles. The van der Waals surface area contributed by atoms with E-state index in [1.807, 2.05) is 6.07 Å². The normalized spacial score (nSPS) is 19.6. The number of piperidine rings is 1. The van der Waals surface area contributed by atoms with Gasteiger partial charge in [-0.25, -0.2) is 12.7 Å². The molecule has 1 aromatic rings. The largest absolute Gasteiger partial charge is 0.326 e. The molecule has 1 N–H and O–H groups in total. The quantitative estimate of drug-likeness (QED) is 0.897. The van der Waals surface area contributed by atoms with Gasteiger partial charge in [-0.05, 0) is 76.1 Å². The number of nitrogens with zero attached hydrogens (tertiary/aromatic N) is 1. The highest BCUT2D eigenvalue weighted by atomic mass is 32.2. The van der Waals surface area contributed by atoms with Crippen LogP contribution in [0.4, 0.5) is 5.69 Å². The Kier molecular flexibility index (Phi) is 4.95. The van der Waals surface area contributed by atoms with Crippen molar-refractivity contribution in [2.75, 3.05) is 18.4 Å². The molecule has 1 aliphatic heterocycles. The summed E-state index contributed by atoms with van der Waals surface area (Å²) in [6.07, 6.45) is 4.55. The van der Waals surface area contributed by atoms with Crippen LogP contribution in [0.15, 0.2) is 18.2 Å². The Morgan fingerprint density at radius 1 is 1.12 bits per heavy atom. The zero-order chi connectivity index (χ0) is 18.2. The second-order valence-corrected chi connectivity index (χ2v) is 10.8. The zero-order valence-electron chi connectivity index (χ0n) is 15.3. The van der Waals surface area contributed by atoms with Crippen molar-refractivity contribution in [3.8, 4) is 0 Å². The average Bonchev–Trinajstić information content (AvgIpc) is 3.01. The fourth-order valence-electron chi connectivity index (χ4n) is 3.64. The summed E-state index contributed by atoms with van der Waals surface area (Å²) < 4.78 is 25.8. The van der Waals surface area contributed by atoms with Crippen molar-refractivity contribution >= 4 is 21.6 Å². The maximum atomic E-state index is 12.5. The Bertz CT molecular complexity index is 757. The fourth-order valence-corrected chi connectivity index (χ4v) is 5.11. The summed E-state index contributed by atoms with van der Waals surface area (Å²) in [4.78, 5) is 12.5. The maximum Gasteiger partial charge on any atom is 0.227 e. The molecule has 1 fully saturated rings. The molecule has 138 valence electrons. The van der Waals surface area contributed by atoms with Gasteiger partial charge in [0.15, 0.2) is 0 Å². The third-order valence-corrected chi connectivity index (χ3v) is 7.90. The van der Waals surface area contributed by atoms with Crippen LogP contribution in [0.3, 0.4) is 0 Å². The molecule has 3 rings (SSSR count). The molecule has 0 spiro atoms. The number of carbonyl (C=O) groups is 1. The minimum Gasteiger partial charge on any atom is -0.326 e. The van der Waals surface area contributed by atoms with E-state index in [1.54, 1.807) is 20.8 Å². The average molecular weight is 365 g/mol. The van der Waals surface area contributed by atoms with Crippen LogP contribution in [0, 0.1) is 5.92 Å². The number of sulfonamides is 1. The number of rotatable bonds is 3. The number of nitrogens with one attached hydrogen (secondary N) is 1. The molecule has 0 saturated carbocycles. The summed E-state index contributed by atoms with van der Waals surface area (Å²) in [7, 11) is -3.31. The fraction of sp³-hybridized carbons (Fsp3) is 0.632. The van der Waals surface area contributed by atoms with Crippen LogP contribution in [0.2, 0.25) is 0 Å². The van der Waals surface area contributed by atoms with Gasteiger partial charge in [0.2, 0.25) is 15.9 Å². The first-order valence-corrected chi connectivity index (χ1v) is 10.5. The molecule has 1 saturated heterocycles. The lowest BCUT2D eigenvalue weighted by molar-refractivity contribution is -0.120. The standard InChI is InChI=1S/C19H28N2O3S/c1-19(2,3)25(23,24)21-11-9-15(10-12-21)18(22)20-17-8-7-14-5-4-6-16(14)13-17/h7-8,13,15H,4-6,9-12H2,1-3H3,(H,20,22). The lowest BCUT2D eigenvalue weighted by Gasteiger charge is -2.35. The van der Waals surface area contributed by atoms with Gasteiger partial charge in [-0.15, -0.1) is 0 Å². The van der Waals surface area contributed by atoms with E-state index in [0.717, 1.165) is 18.5 Å². The molecule has 1 aromatic carbocycles. The van der Waals surface area contributed by atoms with Crippen LogP contribution >= 0.6 is 0 Å². The minimum absolute atomic E-state index is 0.00533. The van der Waals surface area contributed by atoms with E-state index in [0.29, 0.717) is 25.9 Å². The van der Waals surface area contributed by atoms with Crippen molar-refractivity contribution in [3.05, 3.63) is 29.3 Å². The van der Waals surface area contributed by atoms with Gasteiger partial charge >= 0.3 is 0 Å². The van der Waals surface area contributed by atoms with Crippen LogP contribution in [0.25, 0.3) is 0 Å². The van der Waals surface area contributed by atoms with Gasteiger partial charge in [0.1, 0.15) is 0 Å². The van der Waals surface area contributed by atoms with E-state index >= 15 is 0 Å². The van der Waals surface area contributed by atoms with Gasteiger partial charge in [0, 0.05) is 24.7 Å². The first-order valence-electron chi connectivity index (χ1n) is 9.11. The third kappa shape index (κ3) is 3.75. The highest BCUT2D eigenvalue weighted by Crippen LogP contribution is 2.28. The molecular weight excluding hydrogens is 336 g/mol. The van der Waals surface area contributed by atoms with Crippen LogP contribution in [0.1, 0.15) is 51.2 Å².